The molecule has 0 saturated carbocycles. The maximum atomic E-state index is 11.9. The van der Waals surface area contributed by atoms with Gasteiger partial charge in [0, 0.05) is 0 Å². The number of aromatic nitrogens is 2. The zero-order valence-electron chi connectivity index (χ0n) is 9.58. The standard InChI is InChI=1S/C13H14N2O2/c1-2-12(16)13(17)11-8-9-14-15(11)10-6-4-3-5-7-10/h3-9,12,16H,2H2,1H3. The van der Waals surface area contributed by atoms with Crippen LogP contribution in [0.25, 0.3) is 5.69 Å². The summed E-state index contributed by atoms with van der Waals surface area (Å²) in [5.74, 6) is -0.297. The Morgan fingerprint density at radius 3 is 2.71 bits per heavy atom. The van der Waals surface area contributed by atoms with Gasteiger partial charge in [0.15, 0.2) is 0 Å². The molecule has 1 aromatic heterocycles. The van der Waals surface area contributed by atoms with Gasteiger partial charge in [0.25, 0.3) is 0 Å². The van der Waals surface area contributed by atoms with Crippen LogP contribution in [0.15, 0.2) is 42.6 Å². The van der Waals surface area contributed by atoms with Gasteiger partial charge < -0.3 is 5.11 Å². The third-order valence-corrected chi connectivity index (χ3v) is 2.59. The first-order valence-corrected chi connectivity index (χ1v) is 5.55. The van der Waals surface area contributed by atoms with Gasteiger partial charge in [-0.15, -0.1) is 0 Å². The number of carbonyl (C=O) groups excluding carboxylic acids is 1. The van der Waals surface area contributed by atoms with E-state index in [0.29, 0.717) is 12.1 Å². The van der Waals surface area contributed by atoms with Crippen molar-refractivity contribution in [2.75, 3.05) is 0 Å². The molecule has 17 heavy (non-hydrogen) atoms. The van der Waals surface area contributed by atoms with Gasteiger partial charge in [-0.3, -0.25) is 4.79 Å². The van der Waals surface area contributed by atoms with E-state index in [2.05, 4.69) is 5.10 Å². The summed E-state index contributed by atoms with van der Waals surface area (Å²) in [6.45, 7) is 1.77. The molecule has 1 N–H and O–H groups in total. The normalized spacial score (nSPS) is 12.4. The van der Waals surface area contributed by atoms with Crippen LogP contribution in [-0.2, 0) is 0 Å². The smallest absolute Gasteiger partial charge is 0.209 e. The van der Waals surface area contributed by atoms with Gasteiger partial charge in [0.05, 0.1) is 11.9 Å². The molecule has 0 aliphatic rings. The number of aliphatic hydroxyl groups is 1. The molecule has 2 rings (SSSR count). The van der Waals surface area contributed by atoms with Crippen LogP contribution in [0.2, 0.25) is 0 Å². The fourth-order valence-corrected chi connectivity index (χ4v) is 1.62. The molecule has 0 aliphatic carbocycles. The highest BCUT2D eigenvalue weighted by Gasteiger charge is 2.19. The second-order valence-corrected chi connectivity index (χ2v) is 3.75. The van der Waals surface area contributed by atoms with Crippen LogP contribution >= 0.6 is 0 Å². The van der Waals surface area contributed by atoms with Gasteiger partial charge >= 0.3 is 0 Å². The minimum absolute atomic E-state index is 0.297. The van der Waals surface area contributed by atoms with Crippen molar-refractivity contribution in [3.8, 4) is 5.69 Å². The van der Waals surface area contributed by atoms with Crippen molar-refractivity contribution in [1.29, 1.82) is 0 Å². The van der Waals surface area contributed by atoms with Crippen LogP contribution in [0, 0.1) is 0 Å². The van der Waals surface area contributed by atoms with Crippen molar-refractivity contribution in [3.05, 3.63) is 48.3 Å². The number of hydrogen-bond acceptors (Lipinski definition) is 3. The lowest BCUT2D eigenvalue weighted by Crippen LogP contribution is -2.22. The zero-order valence-corrected chi connectivity index (χ0v) is 9.58. The summed E-state index contributed by atoms with van der Waals surface area (Å²) in [6.07, 6.45) is 0.996. The molecule has 0 saturated heterocycles. The Labute approximate surface area is 99.5 Å². The van der Waals surface area contributed by atoms with Crippen molar-refractivity contribution < 1.29 is 9.90 Å². The van der Waals surface area contributed by atoms with Crippen molar-refractivity contribution >= 4 is 5.78 Å². The van der Waals surface area contributed by atoms with Gasteiger partial charge in [-0.2, -0.15) is 5.10 Å². The first-order chi connectivity index (χ1) is 8.24. The number of nitrogens with zero attached hydrogens (tertiary/aromatic N) is 2. The van der Waals surface area contributed by atoms with E-state index in [9.17, 15) is 9.90 Å². The first-order valence-electron chi connectivity index (χ1n) is 5.55. The fraction of sp³-hybridized carbons (Fsp3) is 0.231. The summed E-state index contributed by atoms with van der Waals surface area (Å²) in [7, 11) is 0. The van der Waals surface area contributed by atoms with Crippen LogP contribution in [0.3, 0.4) is 0 Å². The maximum Gasteiger partial charge on any atom is 0.209 e. The third kappa shape index (κ3) is 2.26. The molecule has 0 bridgehead atoms. The largest absolute Gasteiger partial charge is 0.385 e. The van der Waals surface area contributed by atoms with Crippen molar-refractivity contribution in [2.24, 2.45) is 0 Å². The van der Waals surface area contributed by atoms with E-state index in [0.717, 1.165) is 5.69 Å². The molecule has 1 atom stereocenters. The minimum Gasteiger partial charge on any atom is -0.385 e. The molecular weight excluding hydrogens is 216 g/mol. The van der Waals surface area contributed by atoms with E-state index in [4.69, 9.17) is 0 Å². The van der Waals surface area contributed by atoms with E-state index in [1.165, 1.54) is 0 Å². The van der Waals surface area contributed by atoms with Gasteiger partial charge in [-0.05, 0) is 24.6 Å². The van der Waals surface area contributed by atoms with Crippen molar-refractivity contribution in [2.45, 2.75) is 19.4 Å². The molecule has 0 amide bonds. The molecule has 88 valence electrons. The number of aliphatic hydroxyl groups excluding tert-OH is 1. The minimum atomic E-state index is -0.964. The number of benzene rings is 1. The molecule has 0 aliphatic heterocycles. The summed E-state index contributed by atoms with van der Waals surface area (Å²) in [5, 5.41) is 13.7. The summed E-state index contributed by atoms with van der Waals surface area (Å²) in [4.78, 5) is 11.9. The van der Waals surface area contributed by atoms with E-state index in [1.807, 2.05) is 30.3 Å². The molecule has 0 spiro atoms. The summed E-state index contributed by atoms with van der Waals surface area (Å²) in [6, 6.07) is 11.0. The number of para-hydroxylation sites is 1. The monoisotopic (exact) mass is 230 g/mol. The highest BCUT2D eigenvalue weighted by molar-refractivity contribution is 5.98. The molecule has 0 radical (unpaired) electrons. The van der Waals surface area contributed by atoms with Crippen LogP contribution in [-0.4, -0.2) is 26.8 Å². The number of rotatable bonds is 4. The quantitative estimate of drug-likeness (QED) is 0.815. The van der Waals surface area contributed by atoms with Gasteiger partial charge in [0.1, 0.15) is 11.8 Å². The predicted octanol–water partition coefficient (Wildman–Crippen LogP) is 1.83. The maximum absolute atomic E-state index is 11.9. The molecular formula is C13H14N2O2. The Morgan fingerprint density at radius 2 is 2.06 bits per heavy atom. The number of carbonyl (C=O) groups is 1. The molecule has 1 heterocycles. The molecule has 4 nitrogen and oxygen atoms in total. The van der Waals surface area contributed by atoms with Crippen LogP contribution in [0.4, 0.5) is 0 Å². The summed E-state index contributed by atoms with van der Waals surface area (Å²) < 4.78 is 1.54. The average Bonchev–Trinajstić information content (AvgIpc) is 2.87. The zero-order chi connectivity index (χ0) is 12.3. The lowest BCUT2D eigenvalue weighted by Gasteiger charge is -2.09. The van der Waals surface area contributed by atoms with Crippen molar-refractivity contribution in [1.82, 2.24) is 9.78 Å². The molecule has 4 heteroatoms. The highest BCUT2D eigenvalue weighted by Crippen LogP contribution is 2.12. The predicted molar refractivity (Wildman–Crippen MR) is 64.2 cm³/mol. The van der Waals surface area contributed by atoms with E-state index in [-0.39, 0.29) is 5.78 Å². The van der Waals surface area contributed by atoms with Crippen molar-refractivity contribution in [3.63, 3.8) is 0 Å². The average molecular weight is 230 g/mol. The first kappa shape index (κ1) is 11.5. The number of ketones is 1. The molecule has 1 unspecified atom stereocenters. The molecule has 1 aromatic carbocycles. The number of Topliss-reactive ketones (excluding diaryl/α,β-unsaturated/α-hetero) is 1. The van der Waals surface area contributed by atoms with Gasteiger partial charge in [-0.25, -0.2) is 4.68 Å². The molecule has 0 fully saturated rings. The Morgan fingerprint density at radius 1 is 1.35 bits per heavy atom. The number of hydrogen-bond donors (Lipinski definition) is 1. The Kier molecular flexibility index (Phi) is 3.35. The van der Waals surface area contributed by atoms with E-state index < -0.39 is 6.10 Å². The van der Waals surface area contributed by atoms with Crippen LogP contribution in [0.1, 0.15) is 23.8 Å². The van der Waals surface area contributed by atoms with Gasteiger partial charge in [-0.1, -0.05) is 25.1 Å². The SMILES string of the molecule is CCC(O)C(=O)c1ccnn1-c1ccccc1. The molecule has 2 aromatic rings. The summed E-state index contributed by atoms with van der Waals surface area (Å²) >= 11 is 0. The second-order valence-electron chi connectivity index (χ2n) is 3.75. The second kappa shape index (κ2) is 4.93. The Bertz CT molecular complexity index is 505. The van der Waals surface area contributed by atoms with Crippen LogP contribution in [0.5, 0.6) is 0 Å². The highest BCUT2D eigenvalue weighted by atomic mass is 16.3. The third-order valence-electron chi connectivity index (χ3n) is 2.59. The van der Waals surface area contributed by atoms with Crippen LogP contribution < -0.4 is 0 Å². The van der Waals surface area contributed by atoms with E-state index >= 15 is 0 Å². The van der Waals surface area contributed by atoms with Gasteiger partial charge in [0.2, 0.25) is 5.78 Å². The fourth-order valence-electron chi connectivity index (χ4n) is 1.62. The summed E-state index contributed by atoms with van der Waals surface area (Å²) in [5.41, 5.74) is 1.22. The Hall–Kier alpha value is -1.94. The lowest BCUT2D eigenvalue weighted by molar-refractivity contribution is 0.0732. The lowest BCUT2D eigenvalue weighted by atomic mass is 10.1. The van der Waals surface area contributed by atoms with E-state index in [1.54, 1.807) is 23.9 Å². The Balaban J connectivity index is 2.39. The topological polar surface area (TPSA) is 55.1 Å².